The van der Waals surface area contributed by atoms with Crippen molar-refractivity contribution in [1.82, 2.24) is 0 Å². The number of halogens is 1. The van der Waals surface area contributed by atoms with E-state index in [0.29, 0.717) is 0 Å². The van der Waals surface area contributed by atoms with Crippen LogP contribution in [-0.4, -0.2) is 0 Å². The van der Waals surface area contributed by atoms with Gasteiger partial charge < -0.3 is 0 Å². The summed E-state index contributed by atoms with van der Waals surface area (Å²) in [5.41, 5.74) is 0. The van der Waals surface area contributed by atoms with Crippen LogP contribution in [0.4, 0.5) is 0 Å². The Kier molecular flexibility index (Phi) is 6.12. The molecule has 0 saturated heterocycles. The molecule has 26 heavy (non-hydrogen) atoms. The summed E-state index contributed by atoms with van der Waals surface area (Å²) in [5.74, 6) is 2.47. The van der Waals surface area contributed by atoms with Crippen molar-refractivity contribution in [2.24, 2.45) is 0 Å². The number of hydrogen-bond donors (Lipinski definition) is 0. The van der Waals surface area contributed by atoms with Crippen LogP contribution in [0.3, 0.4) is 0 Å². The molecule has 134 valence electrons. The maximum absolute atomic E-state index is 4.41. The monoisotopic (exact) mass is 424 g/mol. The van der Waals surface area contributed by atoms with Crippen molar-refractivity contribution in [3.8, 4) is 0 Å². The van der Waals surface area contributed by atoms with Crippen molar-refractivity contribution >= 4 is 36.7 Å². The van der Waals surface area contributed by atoms with Crippen LogP contribution in [0, 0.1) is 0 Å². The van der Waals surface area contributed by atoms with Crippen molar-refractivity contribution in [2.75, 3.05) is 0 Å². The molecule has 3 rings (SSSR count). The molecule has 0 nitrogen and oxygen atoms in total. The molecule has 3 aromatic rings. The molecule has 2 heteroatoms. The second kappa shape index (κ2) is 8.33. The Bertz CT molecular complexity index is 742. The first-order valence-electron chi connectivity index (χ1n) is 9.28. The standard InChI is InChI=1S/C24H26BrP/c1-2-3-4-14-21-26(25,22-15-8-5-9-16-22,23-17-10-6-11-18-23)24-19-12-7-13-20-24/h5-21H,2-4H2,1H3/b21-14+. The van der Waals surface area contributed by atoms with Gasteiger partial charge in [0.05, 0.1) is 0 Å². The fourth-order valence-electron chi connectivity index (χ4n) is 3.46. The summed E-state index contributed by atoms with van der Waals surface area (Å²) in [5, 5.41) is 1.16. The van der Waals surface area contributed by atoms with Crippen LogP contribution in [0.1, 0.15) is 26.2 Å². The quantitative estimate of drug-likeness (QED) is 0.298. The van der Waals surface area contributed by atoms with Gasteiger partial charge in [0.25, 0.3) is 0 Å². The summed E-state index contributed by atoms with van der Waals surface area (Å²) in [6.45, 7) is 2.24. The normalized spacial score (nSPS) is 13.4. The summed E-state index contributed by atoms with van der Waals surface area (Å²) in [4.78, 5) is 0. The number of unbranched alkanes of at least 4 members (excludes halogenated alkanes) is 2. The number of allylic oxidation sites excluding steroid dienone is 1. The summed E-state index contributed by atoms with van der Waals surface area (Å²) in [7, 11) is 0. The van der Waals surface area contributed by atoms with E-state index in [4.69, 9.17) is 0 Å². The van der Waals surface area contributed by atoms with Crippen LogP contribution >= 0.6 is 20.8 Å². The molecule has 0 aliphatic heterocycles. The summed E-state index contributed by atoms with van der Waals surface area (Å²) in [6, 6.07) is 32.7. The van der Waals surface area contributed by atoms with Crippen molar-refractivity contribution < 1.29 is 0 Å². The van der Waals surface area contributed by atoms with Gasteiger partial charge >= 0.3 is 166 Å². The molecular weight excluding hydrogens is 399 g/mol. The molecule has 0 atom stereocenters. The predicted molar refractivity (Wildman–Crippen MR) is 123 cm³/mol. The minimum absolute atomic E-state index is 1.10. The number of rotatable bonds is 7. The van der Waals surface area contributed by atoms with E-state index in [1.807, 2.05) is 0 Å². The van der Waals surface area contributed by atoms with E-state index in [1.54, 1.807) is 0 Å². The Morgan fingerprint density at radius 2 is 1.08 bits per heavy atom. The van der Waals surface area contributed by atoms with Gasteiger partial charge in [-0.1, -0.05) is 0 Å². The van der Waals surface area contributed by atoms with Gasteiger partial charge in [0.1, 0.15) is 0 Å². The first-order chi connectivity index (χ1) is 12.7. The molecule has 0 amide bonds. The molecule has 0 radical (unpaired) electrons. The Labute approximate surface area is 165 Å². The van der Waals surface area contributed by atoms with Crippen molar-refractivity contribution in [2.45, 2.75) is 26.2 Å². The molecule has 0 unspecified atom stereocenters. The number of hydrogen-bond acceptors (Lipinski definition) is 0. The van der Waals surface area contributed by atoms with E-state index in [-0.39, 0.29) is 0 Å². The molecule has 3 aromatic carbocycles. The van der Waals surface area contributed by atoms with Crippen LogP contribution < -0.4 is 15.9 Å². The van der Waals surface area contributed by atoms with Crippen molar-refractivity contribution in [3.05, 3.63) is 103 Å². The van der Waals surface area contributed by atoms with Crippen molar-refractivity contribution in [3.63, 3.8) is 0 Å². The Morgan fingerprint density at radius 3 is 1.42 bits per heavy atom. The first kappa shape index (κ1) is 19.1. The van der Waals surface area contributed by atoms with E-state index in [2.05, 4.69) is 125 Å². The van der Waals surface area contributed by atoms with E-state index in [9.17, 15) is 0 Å². The molecule has 0 bridgehead atoms. The summed E-state index contributed by atoms with van der Waals surface area (Å²) in [6.07, 6.45) is 5.91. The molecular formula is C24H26BrP. The van der Waals surface area contributed by atoms with Gasteiger partial charge in [0.2, 0.25) is 0 Å². The molecule has 0 aliphatic rings. The molecule has 0 spiro atoms. The average molecular weight is 425 g/mol. The van der Waals surface area contributed by atoms with Gasteiger partial charge in [-0.15, -0.1) is 0 Å². The fourth-order valence-corrected chi connectivity index (χ4v) is 10.3. The van der Waals surface area contributed by atoms with Crippen LogP contribution in [0.5, 0.6) is 0 Å². The number of benzene rings is 3. The van der Waals surface area contributed by atoms with Gasteiger partial charge in [0.15, 0.2) is 0 Å². The zero-order chi connectivity index (χ0) is 18.3. The zero-order valence-corrected chi connectivity index (χ0v) is 17.7. The third-order valence-corrected chi connectivity index (χ3v) is 14.0. The van der Waals surface area contributed by atoms with Gasteiger partial charge in [-0.05, 0) is 0 Å². The van der Waals surface area contributed by atoms with Crippen LogP contribution in [0.2, 0.25) is 0 Å². The van der Waals surface area contributed by atoms with Crippen molar-refractivity contribution in [1.29, 1.82) is 0 Å². The van der Waals surface area contributed by atoms with E-state index < -0.39 is 5.31 Å². The van der Waals surface area contributed by atoms with E-state index in [1.165, 1.54) is 28.8 Å². The third-order valence-electron chi connectivity index (χ3n) is 4.89. The summed E-state index contributed by atoms with van der Waals surface area (Å²) >= 11 is 4.41. The topological polar surface area (TPSA) is 0 Å². The van der Waals surface area contributed by atoms with Gasteiger partial charge in [-0.25, -0.2) is 0 Å². The average Bonchev–Trinajstić information content (AvgIpc) is 2.73. The minimum atomic E-state index is -2.85. The van der Waals surface area contributed by atoms with E-state index in [0.717, 1.165) is 6.42 Å². The molecule has 0 saturated carbocycles. The van der Waals surface area contributed by atoms with Crippen LogP contribution in [0.25, 0.3) is 0 Å². The van der Waals surface area contributed by atoms with Gasteiger partial charge in [0, 0.05) is 0 Å². The molecule has 0 N–H and O–H groups in total. The first-order valence-corrected chi connectivity index (χ1v) is 13.6. The van der Waals surface area contributed by atoms with Gasteiger partial charge in [-0.2, -0.15) is 0 Å². The summed E-state index contributed by atoms with van der Waals surface area (Å²) < 4.78 is 0. The Balaban J connectivity index is 2.34. The predicted octanol–water partition coefficient (Wildman–Crippen LogP) is 6.53. The molecule has 0 aliphatic carbocycles. The second-order valence-electron chi connectivity index (χ2n) is 6.61. The second-order valence-corrected chi connectivity index (χ2v) is 15.0. The Morgan fingerprint density at radius 1 is 0.692 bits per heavy atom. The maximum atomic E-state index is 4.41. The zero-order valence-electron chi connectivity index (χ0n) is 15.3. The fraction of sp³-hybridized carbons (Fsp3) is 0.167. The molecule has 0 fully saturated rings. The van der Waals surface area contributed by atoms with Gasteiger partial charge in [-0.3, -0.25) is 0 Å². The van der Waals surface area contributed by atoms with Crippen LogP contribution in [-0.2, 0) is 0 Å². The molecule has 0 aromatic heterocycles. The Hall–Kier alpha value is -1.69. The van der Waals surface area contributed by atoms with E-state index >= 15 is 0 Å². The SMILES string of the molecule is CCCC/C=C/P(Br)(c1ccccc1)(c1ccccc1)c1ccccc1. The van der Waals surface area contributed by atoms with Crippen LogP contribution in [0.15, 0.2) is 103 Å². The third kappa shape index (κ3) is 3.43. The molecule has 0 heterocycles.